The molecule has 0 radical (unpaired) electrons. The third kappa shape index (κ3) is 1.97. The molecule has 1 rings (SSSR count). The van der Waals surface area contributed by atoms with Crippen molar-refractivity contribution in [2.75, 3.05) is 5.33 Å². The molecule has 0 saturated carbocycles. The molecule has 0 fully saturated rings. The van der Waals surface area contributed by atoms with Gasteiger partial charge >= 0.3 is 0 Å². The van der Waals surface area contributed by atoms with Crippen LogP contribution in [0.2, 0.25) is 0 Å². The molecule has 0 unspecified atom stereocenters. The maximum absolute atomic E-state index is 9.59. The summed E-state index contributed by atoms with van der Waals surface area (Å²) in [5.74, 6) is -0.0847. The third-order valence-electron chi connectivity index (χ3n) is 2.08. The highest BCUT2D eigenvalue weighted by Gasteiger charge is 2.23. The normalized spacial score (nSPS) is 11.6. The van der Waals surface area contributed by atoms with E-state index in [4.69, 9.17) is 0 Å². The lowest BCUT2D eigenvalue weighted by Crippen LogP contribution is -2.18. The Kier molecular flexibility index (Phi) is 2.86. The molecule has 1 aromatic rings. The number of halogens is 1. The second-order valence-corrected chi connectivity index (χ2v) is 4.25. The first kappa shape index (κ1) is 10.4. The Bertz CT molecular complexity index is 308. The van der Waals surface area contributed by atoms with Crippen molar-refractivity contribution in [2.24, 2.45) is 0 Å². The van der Waals surface area contributed by atoms with E-state index < -0.39 is 0 Å². The molecule has 0 spiro atoms. The van der Waals surface area contributed by atoms with Crippen molar-refractivity contribution in [2.45, 2.75) is 19.3 Å². The van der Waals surface area contributed by atoms with Gasteiger partial charge in [0.1, 0.15) is 0 Å². The number of alkyl halides is 1. The summed E-state index contributed by atoms with van der Waals surface area (Å²) in [6, 6.07) is 5.02. The topological polar surface area (TPSA) is 40.5 Å². The minimum Gasteiger partial charge on any atom is -0.504 e. The zero-order chi connectivity index (χ0) is 10.1. The number of phenolic OH excluding ortho intramolecular Hbond substituents is 2. The van der Waals surface area contributed by atoms with E-state index in [1.807, 2.05) is 19.9 Å². The minimum atomic E-state index is -0.178. The lowest BCUT2D eigenvalue weighted by molar-refractivity contribution is 0.390. The molecule has 0 amide bonds. The van der Waals surface area contributed by atoms with Crippen LogP contribution in [-0.2, 0) is 5.41 Å². The summed E-state index contributed by atoms with van der Waals surface area (Å²) in [7, 11) is 0. The van der Waals surface area contributed by atoms with Crippen molar-refractivity contribution in [3.63, 3.8) is 0 Å². The van der Waals surface area contributed by atoms with Gasteiger partial charge in [-0.25, -0.2) is 0 Å². The fourth-order valence-corrected chi connectivity index (χ4v) is 1.45. The summed E-state index contributed by atoms with van der Waals surface area (Å²) >= 11 is 3.37. The second-order valence-electron chi connectivity index (χ2n) is 3.69. The zero-order valence-corrected chi connectivity index (χ0v) is 9.30. The number of hydrogen-bond acceptors (Lipinski definition) is 2. The molecule has 2 nitrogen and oxygen atoms in total. The SMILES string of the molecule is CC(C)(CBr)c1cccc(O)c1O. The monoisotopic (exact) mass is 244 g/mol. The van der Waals surface area contributed by atoms with Crippen molar-refractivity contribution >= 4 is 15.9 Å². The summed E-state index contributed by atoms with van der Waals surface area (Å²) in [4.78, 5) is 0. The summed E-state index contributed by atoms with van der Waals surface area (Å²) in [5.41, 5.74) is 0.576. The highest BCUT2D eigenvalue weighted by atomic mass is 79.9. The van der Waals surface area contributed by atoms with Crippen LogP contribution in [0.3, 0.4) is 0 Å². The summed E-state index contributed by atoms with van der Waals surface area (Å²) < 4.78 is 0. The minimum absolute atomic E-state index is 0.0213. The van der Waals surface area contributed by atoms with Crippen molar-refractivity contribution in [1.82, 2.24) is 0 Å². The van der Waals surface area contributed by atoms with Crippen LogP contribution in [0.15, 0.2) is 18.2 Å². The summed E-state index contributed by atoms with van der Waals surface area (Å²) in [6.07, 6.45) is 0. The van der Waals surface area contributed by atoms with Crippen LogP contribution in [0, 0.1) is 0 Å². The predicted molar refractivity (Wildman–Crippen MR) is 56.6 cm³/mol. The molecule has 1 aromatic carbocycles. The van der Waals surface area contributed by atoms with Crippen LogP contribution in [-0.4, -0.2) is 15.5 Å². The van der Waals surface area contributed by atoms with E-state index in [0.717, 1.165) is 10.9 Å². The molecule has 0 aliphatic heterocycles. The fraction of sp³-hybridized carbons (Fsp3) is 0.400. The van der Waals surface area contributed by atoms with Gasteiger partial charge in [0.15, 0.2) is 11.5 Å². The standard InChI is InChI=1S/C10H13BrO2/c1-10(2,6-11)7-4-3-5-8(12)9(7)13/h3-5,12-13H,6H2,1-2H3. The Labute approximate surface area is 86.3 Å². The van der Waals surface area contributed by atoms with E-state index in [9.17, 15) is 10.2 Å². The van der Waals surface area contributed by atoms with Crippen LogP contribution >= 0.6 is 15.9 Å². The van der Waals surface area contributed by atoms with Crippen molar-refractivity contribution in [3.05, 3.63) is 23.8 Å². The third-order valence-corrected chi connectivity index (χ3v) is 3.48. The van der Waals surface area contributed by atoms with Crippen LogP contribution in [0.5, 0.6) is 11.5 Å². The molecule has 2 N–H and O–H groups in total. The molecule has 0 aromatic heterocycles. The average molecular weight is 245 g/mol. The first-order valence-electron chi connectivity index (χ1n) is 4.06. The smallest absolute Gasteiger partial charge is 0.161 e. The first-order chi connectivity index (χ1) is 5.99. The molecule has 0 heterocycles. The first-order valence-corrected chi connectivity index (χ1v) is 5.18. The second kappa shape index (κ2) is 3.58. The maximum atomic E-state index is 9.59. The lowest BCUT2D eigenvalue weighted by atomic mass is 9.86. The molecule has 0 bridgehead atoms. The lowest BCUT2D eigenvalue weighted by Gasteiger charge is -2.23. The van der Waals surface area contributed by atoms with Gasteiger partial charge in [-0.3, -0.25) is 0 Å². The zero-order valence-electron chi connectivity index (χ0n) is 7.71. The van der Waals surface area contributed by atoms with Crippen molar-refractivity contribution in [1.29, 1.82) is 0 Å². The number of hydrogen-bond donors (Lipinski definition) is 2. The van der Waals surface area contributed by atoms with Gasteiger partial charge in [0, 0.05) is 16.3 Å². The highest BCUT2D eigenvalue weighted by molar-refractivity contribution is 9.09. The van der Waals surface area contributed by atoms with Gasteiger partial charge in [0.05, 0.1) is 0 Å². The maximum Gasteiger partial charge on any atom is 0.161 e. The van der Waals surface area contributed by atoms with Gasteiger partial charge in [-0.05, 0) is 6.07 Å². The van der Waals surface area contributed by atoms with E-state index in [2.05, 4.69) is 15.9 Å². The molecular formula is C10H13BrO2. The van der Waals surface area contributed by atoms with E-state index >= 15 is 0 Å². The van der Waals surface area contributed by atoms with E-state index in [1.165, 1.54) is 6.07 Å². The number of aromatic hydroxyl groups is 2. The van der Waals surface area contributed by atoms with Gasteiger partial charge in [-0.2, -0.15) is 0 Å². The Morgan fingerprint density at radius 2 is 1.92 bits per heavy atom. The van der Waals surface area contributed by atoms with E-state index in [-0.39, 0.29) is 16.9 Å². The number of para-hydroxylation sites is 1. The number of phenols is 2. The highest BCUT2D eigenvalue weighted by Crippen LogP contribution is 2.37. The van der Waals surface area contributed by atoms with E-state index in [0.29, 0.717) is 0 Å². The van der Waals surface area contributed by atoms with Crippen LogP contribution < -0.4 is 0 Å². The Balaban J connectivity index is 3.22. The average Bonchev–Trinajstić information content (AvgIpc) is 2.09. The number of rotatable bonds is 2. The molecule has 0 aliphatic carbocycles. The number of benzene rings is 1. The molecule has 13 heavy (non-hydrogen) atoms. The fourth-order valence-electron chi connectivity index (χ4n) is 1.15. The summed E-state index contributed by atoms with van der Waals surface area (Å²) in [6.45, 7) is 3.99. The Hall–Kier alpha value is -0.700. The van der Waals surface area contributed by atoms with Crippen LogP contribution in [0.25, 0.3) is 0 Å². The molecule has 3 heteroatoms. The molecule has 0 aliphatic rings. The van der Waals surface area contributed by atoms with Crippen LogP contribution in [0.4, 0.5) is 0 Å². The van der Waals surface area contributed by atoms with Crippen LogP contribution in [0.1, 0.15) is 19.4 Å². The van der Waals surface area contributed by atoms with Gasteiger partial charge in [-0.15, -0.1) is 0 Å². The van der Waals surface area contributed by atoms with Crippen molar-refractivity contribution < 1.29 is 10.2 Å². The van der Waals surface area contributed by atoms with E-state index in [1.54, 1.807) is 6.07 Å². The van der Waals surface area contributed by atoms with Gasteiger partial charge in [-0.1, -0.05) is 41.9 Å². The van der Waals surface area contributed by atoms with Crippen molar-refractivity contribution in [3.8, 4) is 11.5 Å². The molecule has 0 saturated heterocycles. The Morgan fingerprint density at radius 3 is 2.46 bits per heavy atom. The van der Waals surface area contributed by atoms with Gasteiger partial charge < -0.3 is 10.2 Å². The summed E-state index contributed by atoms with van der Waals surface area (Å²) in [5, 5.41) is 19.6. The molecule has 72 valence electrons. The largest absolute Gasteiger partial charge is 0.504 e. The quantitative estimate of drug-likeness (QED) is 0.621. The van der Waals surface area contributed by atoms with Gasteiger partial charge in [0.25, 0.3) is 0 Å². The van der Waals surface area contributed by atoms with Gasteiger partial charge in [0.2, 0.25) is 0 Å². The Morgan fingerprint density at radius 1 is 1.31 bits per heavy atom. The molecule has 0 atom stereocenters. The predicted octanol–water partition coefficient (Wildman–Crippen LogP) is 2.77. The molecular weight excluding hydrogens is 232 g/mol.